The summed E-state index contributed by atoms with van der Waals surface area (Å²) in [5.41, 5.74) is 2.29. The summed E-state index contributed by atoms with van der Waals surface area (Å²) < 4.78 is 7.98. The Hall–Kier alpha value is -1.97. The number of benzene rings is 1. The first-order chi connectivity index (χ1) is 10.9. The molecule has 0 N–H and O–H groups in total. The fourth-order valence-corrected chi connectivity index (χ4v) is 4.01. The fraction of sp³-hybridized carbons (Fsp3) is 0.526. The molecule has 4 heteroatoms. The minimum absolute atomic E-state index is 0.165. The number of carbonyl (C=O) groups is 1. The maximum atomic E-state index is 12.3. The summed E-state index contributed by atoms with van der Waals surface area (Å²) in [6.45, 7) is 8.41. The van der Waals surface area contributed by atoms with E-state index in [1.165, 1.54) is 16.6 Å². The predicted molar refractivity (Wildman–Crippen MR) is 90.4 cm³/mol. The molecule has 0 saturated carbocycles. The highest BCUT2D eigenvalue weighted by molar-refractivity contribution is 5.81. The molecule has 2 aromatic rings. The number of likely N-dealkylation sites (tertiary alicyclic amines) is 1. The van der Waals surface area contributed by atoms with Gasteiger partial charge >= 0.3 is 6.09 Å². The molecule has 2 atom stereocenters. The summed E-state index contributed by atoms with van der Waals surface area (Å²) in [5.74, 6) is 1.09. The van der Waals surface area contributed by atoms with Crippen molar-refractivity contribution in [2.75, 3.05) is 13.1 Å². The van der Waals surface area contributed by atoms with Crippen molar-refractivity contribution in [3.8, 4) is 0 Å². The third-order valence-electron chi connectivity index (χ3n) is 5.01. The van der Waals surface area contributed by atoms with Crippen molar-refractivity contribution < 1.29 is 9.53 Å². The summed E-state index contributed by atoms with van der Waals surface area (Å²) in [6.07, 6.45) is 0.889. The molecule has 2 unspecified atom stereocenters. The molecule has 0 aliphatic carbocycles. The van der Waals surface area contributed by atoms with Crippen LogP contribution in [0.5, 0.6) is 0 Å². The van der Waals surface area contributed by atoms with E-state index in [9.17, 15) is 4.79 Å². The van der Waals surface area contributed by atoms with Crippen LogP contribution >= 0.6 is 0 Å². The largest absolute Gasteiger partial charge is 0.444 e. The van der Waals surface area contributed by atoms with Crippen molar-refractivity contribution in [3.05, 3.63) is 36.0 Å². The molecule has 3 heterocycles. The van der Waals surface area contributed by atoms with Crippen molar-refractivity contribution in [1.82, 2.24) is 9.47 Å². The number of hydrogen-bond donors (Lipinski definition) is 0. The lowest BCUT2D eigenvalue weighted by Gasteiger charge is -2.26. The van der Waals surface area contributed by atoms with E-state index in [4.69, 9.17) is 4.74 Å². The Morgan fingerprint density at radius 2 is 1.87 bits per heavy atom. The average Bonchev–Trinajstić information content (AvgIpc) is 3.03. The third kappa shape index (κ3) is 2.60. The maximum Gasteiger partial charge on any atom is 0.410 e. The number of nitrogens with zero attached hydrogens (tertiary/aromatic N) is 2. The van der Waals surface area contributed by atoms with Gasteiger partial charge in [-0.1, -0.05) is 18.2 Å². The van der Waals surface area contributed by atoms with Crippen LogP contribution in [0.1, 0.15) is 26.5 Å². The fourth-order valence-electron chi connectivity index (χ4n) is 4.01. The molecule has 23 heavy (non-hydrogen) atoms. The van der Waals surface area contributed by atoms with Crippen LogP contribution in [0.2, 0.25) is 0 Å². The summed E-state index contributed by atoms with van der Waals surface area (Å²) >= 11 is 0. The van der Waals surface area contributed by atoms with Gasteiger partial charge in [0.15, 0.2) is 0 Å². The highest BCUT2D eigenvalue weighted by atomic mass is 16.6. The lowest BCUT2D eigenvalue weighted by molar-refractivity contribution is 0.0284. The molecule has 1 saturated heterocycles. The summed E-state index contributed by atoms with van der Waals surface area (Å²) in [4.78, 5) is 14.2. The van der Waals surface area contributed by atoms with Crippen LogP contribution < -0.4 is 0 Å². The van der Waals surface area contributed by atoms with Crippen molar-refractivity contribution in [2.24, 2.45) is 11.8 Å². The van der Waals surface area contributed by atoms with E-state index in [2.05, 4.69) is 34.9 Å². The molecule has 4 nitrogen and oxygen atoms in total. The van der Waals surface area contributed by atoms with E-state index < -0.39 is 5.60 Å². The monoisotopic (exact) mass is 312 g/mol. The van der Waals surface area contributed by atoms with Crippen LogP contribution in [0, 0.1) is 11.8 Å². The minimum atomic E-state index is -0.424. The number of para-hydroxylation sites is 1. The number of aromatic nitrogens is 1. The average molecular weight is 312 g/mol. The number of ether oxygens (including phenoxy) is 1. The number of rotatable bonds is 0. The van der Waals surface area contributed by atoms with Gasteiger partial charge in [0.25, 0.3) is 0 Å². The molecule has 1 aromatic carbocycles. The Balaban J connectivity index is 1.54. The zero-order chi connectivity index (χ0) is 16.2. The van der Waals surface area contributed by atoms with E-state index in [-0.39, 0.29) is 6.09 Å². The SMILES string of the molecule is CC(C)(C)OC(=O)N1CC2Cc3cc4ccccc4n3CC2C1. The second-order valence-corrected chi connectivity index (χ2v) is 7.91. The van der Waals surface area contributed by atoms with Gasteiger partial charge in [-0.15, -0.1) is 0 Å². The van der Waals surface area contributed by atoms with Gasteiger partial charge in [-0.25, -0.2) is 4.79 Å². The van der Waals surface area contributed by atoms with Crippen LogP contribution in [-0.2, 0) is 17.7 Å². The molecule has 0 bridgehead atoms. The van der Waals surface area contributed by atoms with Gasteiger partial charge in [-0.2, -0.15) is 0 Å². The number of fused-ring (bicyclic) bond motifs is 4. The zero-order valence-corrected chi connectivity index (χ0v) is 14.1. The lowest BCUT2D eigenvalue weighted by Crippen LogP contribution is -2.35. The lowest BCUT2D eigenvalue weighted by atomic mass is 9.88. The van der Waals surface area contributed by atoms with Gasteiger partial charge in [-0.05, 0) is 56.5 Å². The quantitative estimate of drug-likeness (QED) is 0.743. The molecule has 2 aliphatic rings. The third-order valence-corrected chi connectivity index (χ3v) is 5.01. The summed E-state index contributed by atoms with van der Waals surface area (Å²) in [7, 11) is 0. The Morgan fingerprint density at radius 1 is 1.13 bits per heavy atom. The van der Waals surface area contributed by atoms with Crippen molar-refractivity contribution >= 4 is 17.0 Å². The molecular formula is C19H24N2O2. The van der Waals surface area contributed by atoms with E-state index in [1.807, 2.05) is 25.7 Å². The summed E-state index contributed by atoms with van der Waals surface area (Å²) in [6, 6.07) is 10.9. The molecule has 0 spiro atoms. The molecule has 122 valence electrons. The normalized spacial score (nSPS) is 23.7. The van der Waals surface area contributed by atoms with Crippen LogP contribution in [0.25, 0.3) is 10.9 Å². The molecule has 1 amide bonds. The van der Waals surface area contributed by atoms with Crippen molar-refractivity contribution in [2.45, 2.75) is 39.3 Å². The first-order valence-corrected chi connectivity index (χ1v) is 8.46. The molecule has 1 aromatic heterocycles. The van der Waals surface area contributed by atoms with Gasteiger partial charge in [0.05, 0.1) is 0 Å². The molecule has 4 rings (SSSR count). The molecular weight excluding hydrogens is 288 g/mol. The Kier molecular flexibility index (Phi) is 3.19. The molecule has 1 fully saturated rings. The van der Waals surface area contributed by atoms with Crippen LogP contribution in [0.4, 0.5) is 4.79 Å². The van der Waals surface area contributed by atoms with E-state index in [0.717, 1.165) is 26.1 Å². The second-order valence-electron chi connectivity index (χ2n) is 7.91. The number of hydrogen-bond acceptors (Lipinski definition) is 2. The van der Waals surface area contributed by atoms with Gasteiger partial charge < -0.3 is 14.2 Å². The Morgan fingerprint density at radius 3 is 2.65 bits per heavy atom. The minimum Gasteiger partial charge on any atom is -0.444 e. The molecule has 0 radical (unpaired) electrons. The number of amides is 1. The van der Waals surface area contributed by atoms with Gasteiger partial charge in [0.2, 0.25) is 0 Å². The smallest absolute Gasteiger partial charge is 0.410 e. The zero-order valence-electron chi connectivity index (χ0n) is 14.1. The van der Waals surface area contributed by atoms with E-state index in [1.54, 1.807) is 0 Å². The highest BCUT2D eigenvalue weighted by Crippen LogP contribution is 2.36. The first-order valence-electron chi connectivity index (χ1n) is 8.46. The first kappa shape index (κ1) is 14.6. The second kappa shape index (κ2) is 5.02. The topological polar surface area (TPSA) is 34.5 Å². The van der Waals surface area contributed by atoms with Crippen molar-refractivity contribution in [1.29, 1.82) is 0 Å². The van der Waals surface area contributed by atoms with Crippen LogP contribution in [-0.4, -0.2) is 34.3 Å². The van der Waals surface area contributed by atoms with Gasteiger partial charge in [0.1, 0.15) is 5.60 Å². The predicted octanol–water partition coefficient (Wildman–Crippen LogP) is 3.68. The maximum absolute atomic E-state index is 12.3. The van der Waals surface area contributed by atoms with E-state index >= 15 is 0 Å². The standard InChI is InChI=1S/C19H24N2O2/c1-19(2,3)23-18(22)20-10-14-9-16-8-13-6-4-5-7-17(13)21(16)12-15(14)11-20/h4-8,14-15H,9-12H2,1-3H3. The summed E-state index contributed by atoms with van der Waals surface area (Å²) in [5, 5.41) is 1.33. The van der Waals surface area contributed by atoms with Gasteiger partial charge in [0, 0.05) is 30.8 Å². The molecule has 2 aliphatic heterocycles. The Bertz CT molecular complexity index is 756. The van der Waals surface area contributed by atoms with Crippen LogP contribution in [0.15, 0.2) is 30.3 Å². The van der Waals surface area contributed by atoms with Crippen LogP contribution in [0.3, 0.4) is 0 Å². The van der Waals surface area contributed by atoms with Crippen molar-refractivity contribution in [3.63, 3.8) is 0 Å². The van der Waals surface area contributed by atoms with Gasteiger partial charge in [-0.3, -0.25) is 0 Å². The van der Waals surface area contributed by atoms with E-state index in [0.29, 0.717) is 11.8 Å². The Labute approximate surface area is 137 Å². The number of carbonyl (C=O) groups excluding carboxylic acids is 1. The highest BCUT2D eigenvalue weighted by Gasteiger charge is 2.40.